The summed E-state index contributed by atoms with van der Waals surface area (Å²) in [5.74, 6) is -0.218. The Balaban J connectivity index is 2.88. The molecule has 1 nitrogen and oxygen atoms in total. The average Bonchev–Trinajstić information content (AvgIpc) is 2.09. The molecule has 0 saturated heterocycles. The van der Waals surface area contributed by atoms with Crippen molar-refractivity contribution >= 4 is 21.6 Å². The third-order valence-corrected chi connectivity index (χ3v) is 2.44. The number of halogens is 2. The molecule has 72 valence electrons. The minimum atomic E-state index is -0.218. The number of rotatable bonds is 3. The first kappa shape index (κ1) is 10.5. The summed E-state index contributed by atoms with van der Waals surface area (Å²) in [6.45, 7) is 4.92. The van der Waals surface area contributed by atoms with Crippen molar-refractivity contribution in [2.24, 2.45) is 0 Å². The van der Waals surface area contributed by atoms with Gasteiger partial charge in [-0.3, -0.25) is 0 Å². The lowest BCUT2D eigenvalue weighted by molar-refractivity contribution is 0.621. The van der Waals surface area contributed by atoms with E-state index in [9.17, 15) is 4.39 Å². The smallest absolute Gasteiger partial charge is 0.139 e. The molecule has 0 saturated carbocycles. The Hall–Kier alpha value is -0.570. The zero-order valence-electron chi connectivity index (χ0n) is 7.82. The number of hydrogen-bond donors (Lipinski definition) is 1. The van der Waals surface area contributed by atoms with E-state index >= 15 is 0 Å². The topological polar surface area (TPSA) is 12.0 Å². The highest BCUT2D eigenvalue weighted by atomic mass is 79.9. The first-order chi connectivity index (χ1) is 6.15. The molecule has 0 aliphatic carbocycles. The molecule has 0 fully saturated rings. The number of anilines is 1. The Morgan fingerprint density at radius 2 is 2.15 bits per heavy atom. The van der Waals surface area contributed by atoms with Crippen molar-refractivity contribution in [3.63, 3.8) is 0 Å². The van der Waals surface area contributed by atoms with Crippen LogP contribution in [0.2, 0.25) is 0 Å². The van der Waals surface area contributed by atoms with Gasteiger partial charge in [0.1, 0.15) is 5.82 Å². The fourth-order valence-electron chi connectivity index (χ4n) is 1.10. The van der Waals surface area contributed by atoms with Crippen LogP contribution in [0.5, 0.6) is 0 Å². The molecule has 0 atom stereocenters. The molecule has 1 aromatic carbocycles. The van der Waals surface area contributed by atoms with Crippen LogP contribution in [-0.4, -0.2) is 6.54 Å². The Morgan fingerprint density at radius 3 is 2.77 bits per heavy atom. The third-order valence-electron chi connectivity index (χ3n) is 1.83. The summed E-state index contributed by atoms with van der Waals surface area (Å²) in [6.07, 6.45) is 1.04. The summed E-state index contributed by atoms with van der Waals surface area (Å²) in [6, 6.07) is 3.31. The molecule has 0 aliphatic rings. The highest BCUT2D eigenvalue weighted by Gasteiger charge is 2.03. The summed E-state index contributed by atoms with van der Waals surface area (Å²) in [4.78, 5) is 0. The lowest BCUT2D eigenvalue weighted by Gasteiger charge is -2.09. The summed E-state index contributed by atoms with van der Waals surface area (Å²) in [5.41, 5.74) is 1.93. The van der Waals surface area contributed by atoms with Crippen LogP contribution in [0.3, 0.4) is 0 Å². The summed E-state index contributed by atoms with van der Waals surface area (Å²) in [5, 5.41) is 3.17. The van der Waals surface area contributed by atoms with Crippen molar-refractivity contribution in [1.82, 2.24) is 0 Å². The average molecular weight is 246 g/mol. The fraction of sp³-hybridized carbons (Fsp3) is 0.400. The fourth-order valence-corrected chi connectivity index (χ4v) is 1.55. The zero-order valence-corrected chi connectivity index (χ0v) is 9.41. The molecule has 0 heterocycles. The van der Waals surface area contributed by atoms with Crippen LogP contribution < -0.4 is 5.32 Å². The van der Waals surface area contributed by atoms with Crippen LogP contribution >= 0.6 is 15.9 Å². The van der Waals surface area contributed by atoms with Crippen molar-refractivity contribution in [2.75, 3.05) is 11.9 Å². The van der Waals surface area contributed by atoms with E-state index in [0.29, 0.717) is 4.47 Å². The zero-order chi connectivity index (χ0) is 9.84. The van der Waals surface area contributed by atoms with E-state index in [2.05, 4.69) is 28.2 Å². The Kier molecular flexibility index (Phi) is 3.72. The molecule has 1 rings (SSSR count). The van der Waals surface area contributed by atoms with E-state index in [1.807, 2.05) is 6.92 Å². The van der Waals surface area contributed by atoms with Gasteiger partial charge in [0.15, 0.2) is 0 Å². The van der Waals surface area contributed by atoms with Gasteiger partial charge < -0.3 is 5.32 Å². The summed E-state index contributed by atoms with van der Waals surface area (Å²) < 4.78 is 13.6. The van der Waals surface area contributed by atoms with Crippen molar-refractivity contribution in [3.8, 4) is 0 Å². The maximum absolute atomic E-state index is 13.1. The lowest BCUT2D eigenvalue weighted by atomic mass is 10.2. The maximum Gasteiger partial charge on any atom is 0.139 e. The first-order valence-electron chi connectivity index (χ1n) is 4.34. The highest BCUT2D eigenvalue weighted by molar-refractivity contribution is 9.10. The first-order valence-corrected chi connectivity index (χ1v) is 5.14. The van der Waals surface area contributed by atoms with Gasteiger partial charge in [-0.05, 0) is 47.0 Å². The molecule has 0 amide bonds. The predicted octanol–water partition coefficient (Wildman–Crippen LogP) is 3.72. The second-order valence-electron chi connectivity index (χ2n) is 3.01. The minimum absolute atomic E-state index is 0.218. The van der Waals surface area contributed by atoms with Crippen LogP contribution in [0.4, 0.5) is 10.1 Å². The van der Waals surface area contributed by atoms with Gasteiger partial charge >= 0.3 is 0 Å². The monoisotopic (exact) mass is 245 g/mol. The van der Waals surface area contributed by atoms with Crippen molar-refractivity contribution in [2.45, 2.75) is 20.3 Å². The van der Waals surface area contributed by atoms with Crippen LogP contribution in [0.1, 0.15) is 18.9 Å². The largest absolute Gasteiger partial charge is 0.385 e. The molecule has 0 radical (unpaired) electrons. The van der Waals surface area contributed by atoms with Crippen molar-refractivity contribution in [1.29, 1.82) is 0 Å². The second-order valence-corrected chi connectivity index (χ2v) is 3.86. The van der Waals surface area contributed by atoms with Gasteiger partial charge in [0, 0.05) is 12.2 Å². The van der Waals surface area contributed by atoms with Gasteiger partial charge in [0.25, 0.3) is 0 Å². The van der Waals surface area contributed by atoms with Crippen LogP contribution in [-0.2, 0) is 0 Å². The second kappa shape index (κ2) is 4.61. The van der Waals surface area contributed by atoms with Gasteiger partial charge in [0.2, 0.25) is 0 Å². The van der Waals surface area contributed by atoms with E-state index in [-0.39, 0.29) is 5.82 Å². The molecule has 0 bridgehead atoms. The van der Waals surface area contributed by atoms with E-state index in [1.165, 1.54) is 6.07 Å². The van der Waals surface area contributed by atoms with E-state index in [4.69, 9.17) is 0 Å². The predicted molar refractivity (Wildman–Crippen MR) is 57.6 cm³/mol. The van der Waals surface area contributed by atoms with Gasteiger partial charge in [-0.15, -0.1) is 0 Å². The minimum Gasteiger partial charge on any atom is -0.385 e. The molecule has 13 heavy (non-hydrogen) atoms. The molecule has 0 aromatic heterocycles. The number of benzene rings is 1. The van der Waals surface area contributed by atoms with E-state index in [1.54, 1.807) is 6.07 Å². The van der Waals surface area contributed by atoms with Crippen molar-refractivity contribution < 1.29 is 4.39 Å². The standard InChI is InChI=1S/C10H13BrFN/c1-3-4-13-10-6-9(12)8(11)5-7(10)2/h5-6,13H,3-4H2,1-2H3. The number of aryl methyl sites for hydroxylation is 1. The number of nitrogens with one attached hydrogen (secondary N) is 1. The van der Waals surface area contributed by atoms with E-state index in [0.717, 1.165) is 24.2 Å². The molecular weight excluding hydrogens is 233 g/mol. The molecular formula is C10H13BrFN. The Morgan fingerprint density at radius 1 is 1.46 bits per heavy atom. The molecule has 1 N–H and O–H groups in total. The molecule has 1 aromatic rings. The van der Waals surface area contributed by atoms with Gasteiger partial charge in [-0.2, -0.15) is 0 Å². The van der Waals surface area contributed by atoms with Gasteiger partial charge in [-0.25, -0.2) is 4.39 Å². The third kappa shape index (κ3) is 2.69. The molecule has 3 heteroatoms. The Bertz CT molecular complexity index is 299. The normalized spacial score (nSPS) is 10.2. The lowest BCUT2D eigenvalue weighted by Crippen LogP contribution is -2.02. The SMILES string of the molecule is CCCNc1cc(F)c(Br)cc1C. The quantitative estimate of drug-likeness (QED) is 0.857. The highest BCUT2D eigenvalue weighted by Crippen LogP contribution is 2.23. The molecule has 0 spiro atoms. The Labute approximate surface area is 86.5 Å². The van der Waals surface area contributed by atoms with Crippen LogP contribution in [0.25, 0.3) is 0 Å². The summed E-state index contributed by atoms with van der Waals surface area (Å²) >= 11 is 3.15. The van der Waals surface area contributed by atoms with Crippen LogP contribution in [0, 0.1) is 12.7 Å². The summed E-state index contributed by atoms with van der Waals surface area (Å²) in [7, 11) is 0. The maximum atomic E-state index is 13.1. The van der Waals surface area contributed by atoms with Crippen molar-refractivity contribution in [3.05, 3.63) is 28.0 Å². The van der Waals surface area contributed by atoms with E-state index < -0.39 is 0 Å². The van der Waals surface area contributed by atoms with Crippen LogP contribution in [0.15, 0.2) is 16.6 Å². The van der Waals surface area contributed by atoms with Gasteiger partial charge in [0.05, 0.1) is 4.47 Å². The number of hydrogen-bond acceptors (Lipinski definition) is 1. The molecule has 0 aliphatic heterocycles. The van der Waals surface area contributed by atoms with Gasteiger partial charge in [-0.1, -0.05) is 6.92 Å². The molecule has 0 unspecified atom stereocenters.